The van der Waals surface area contributed by atoms with Gasteiger partial charge < -0.3 is 0 Å². The predicted octanol–water partition coefficient (Wildman–Crippen LogP) is 2.11. The van der Waals surface area contributed by atoms with Crippen LogP contribution < -0.4 is 0 Å². The van der Waals surface area contributed by atoms with Gasteiger partial charge in [-0.15, -0.1) is 0 Å². The molecule has 1 heterocycles. The zero-order valence-corrected chi connectivity index (χ0v) is 6.89. The first-order valence-corrected chi connectivity index (χ1v) is 3.59. The molecule has 56 valence electrons. The highest BCUT2D eigenvalue weighted by Crippen LogP contribution is 2.18. The molecular formula is C8H7ClN2. The summed E-state index contributed by atoms with van der Waals surface area (Å²) in [6.45, 7) is 1.87. The maximum absolute atomic E-state index is 8.40. The van der Waals surface area contributed by atoms with Crippen molar-refractivity contribution in [3.8, 4) is 6.07 Å². The summed E-state index contributed by atoms with van der Waals surface area (Å²) in [5, 5.41) is 9.05. The standard InChI is InChI=1S/C8H7ClN2/c1-6-4-11-5-7(2-3-10)8(6)9/h4-5H,2H2,1H3. The van der Waals surface area contributed by atoms with Crippen molar-refractivity contribution in [2.24, 2.45) is 0 Å². The van der Waals surface area contributed by atoms with Crippen molar-refractivity contribution >= 4 is 11.6 Å². The Labute approximate surface area is 70.4 Å². The minimum Gasteiger partial charge on any atom is -0.264 e. The van der Waals surface area contributed by atoms with Gasteiger partial charge in [0.2, 0.25) is 0 Å². The topological polar surface area (TPSA) is 36.7 Å². The molecule has 0 fully saturated rings. The lowest BCUT2D eigenvalue weighted by molar-refractivity contribution is 1.16. The Bertz CT molecular complexity index is 301. The van der Waals surface area contributed by atoms with E-state index in [2.05, 4.69) is 4.98 Å². The molecule has 1 rings (SSSR count). The average Bonchev–Trinajstić information content (AvgIpc) is 1.99. The van der Waals surface area contributed by atoms with Gasteiger partial charge >= 0.3 is 0 Å². The van der Waals surface area contributed by atoms with Crippen LogP contribution >= 0.6 is 11.6 Å². The van der Waals surface area contributed by atoms with Crippen molar-refractivity contribution in [2.75, 3.05) is 0 Å². The molecule has 0 radical (unpaired) electrons. The summed E-state index contributed by atoms with van der Waals surface area (Å²) in [6, 6.07) is 2.03. The molecule has 0 saturated heterocycles. The van der Waals surface area contributed by atoms with Crippen LogP contribution in [-0.2, 0) is 6.42 Å². The van der Waals surface area contributed by atoms with Gasteiger partial charge in [-0.2, -0.15) is 5.26 Å². The van der Waals surface area contributed by atoms with Crippen molar-refractivity contribution in [3.05, 3.63) is 28.5 Å². The van der Waals surface area contributed by atoms with Crippen LogP contribution in [0.3, 0.4) is 0 Å². The van der Waals surface area contributed by atoms with Gasteiger partial charge in [0.25, 0.3) is 0 Å². The third-order valence-electron chi connectivity index (χ3n) is 1.40. The Balaban J connectivity index is 3.08. The Morgan fingerprint density at radius 1 is 1.64 bits per heavy atom. The molecule has 0 bridgehead atoms. The molecule has 0 saturated carbocycles. The summed E-state index contributed by atoms with van der Waals surface area (Å²) in [5.74, 6) is 0. The molecule has 0 aliphatic rings. The molecule has 3 heteroatoms. The largest absolute Gasteiger partial charge is 0.264 e. The highest BCUT2D eigenvalue weighted by atomic mass is 35.5. The van der Waals surface area contributed by atoms with Gasteiger partial charge in [0.15, 0.2) is 0 Å². The quantitative estimate of drug-likeness (QED) is 0.641. The minimum absolute atomic E-state index is 0.327. The first-order chi connectivity index (χ1) is 5.25. The summed E-state index contributed by atoms with van der Waals surface area (Å²) in [7, 11) is 0. The number of nitriles is 1. The molecular weight excluding hydrogens is 160 g/mol. The average molecular weight is 167 g/mol. The van der Waals surface area contributed by atoms with E-state index in [4.69, 9.17) is 16.9 Å². The van der Waals surface area contributed by atoms with E-state index < -0.39 is 0 Å². The highest BCUT2D eigenvalue weighted by Gasteiger charge is 2.01. The first-order valence-electron chi connectivity index (χ1n) is 3.21. The van der Waals surface area contributed by atoms with E-state index in [1.807, 2.05) is 13.0 Å². The molecule has 0 aliphatic carbocycles. The van der Waals surface area contributed by atoms with Crippen LogP contribution in [0.2, 0.25) is 5.02 Å². The van der Waals surface area contributed by atoms with Gasteiger partial charge in [-0.05, 0) is 12.5 Å². The number of aryl methyl sites for hydroxylation is 1. The Morgan fingerprint density at radius 3 is 3.00 bits per heavy atom. The fourth-order valence-corrected chi connectivity index (χ4v) is 0.978. The minimum atomic E-state index is 0.327. The normalized spacial score (nSPS) is 9.18. The van der Waals surface area contributed by atoms with Crippen LogP contribution in [0.15, 0.2) is 12.4 Å². The molecule has 0 atom stereocenters. The van der Waals surface area contributed by atoms with Gasteiger partial charge in [0, 0.05) is 18.0 Å². The third-order valence-corrected chi connectivity index (χ3v) is 1.94. The van der Waals surface area contributed by atoms with Gasteiger partial charge in [0.1, 0.15) is 0 Å². The molecule has 0 aromatic carbocycles. The molecule has 0 spiro atoms. The molecule has 0 unspecified atom stereocenters. The summed E-state index contributed by atoms with van der Waals surface area (Å²) in [6.07, 6.45) is 3.63. The second-order valence-corrected chi connectivity index (χ2v) is 2.64. The predicted molar refractivity (Wildman–Crippen MR) is 43.3 cm³/mol. The van der Waals surface area contributed by atoms with Gasteiger partial charge in [-0.1, -0.05) is 11.6 Å². The van der Waals surface area contributed by atoms with Gasteiger partial charge in [-0.3, -0.25) is 4.98 Å². The van der Waals surface area contributed by atoms with E-state index >= 15 is 0 Å². The maximum atomic E-state index is 8.40. The van der Waals surface area contributed by atoms with E-state index in [1.165, 1.54) is 0 Å². The van der Waals surface area contributed by atoms with Crippen LogP contribution in [0, 0.1) is 18.3 Å². The van der Waals surface area contributed by atoms with E-state index in [1.54, 1.807) is 12.4 Å². The maximum Gasteiger partial charge on any atom is 0.0670 e. The van der Waals surface area contributed by atoms with E-state index in [0.717, 1.165) is 11.1 Å². The lowest BCUT2D eigenvalue weighted by Crippen LogP contribution is -1.88. The first kappa shape index (κ1) is 8.03. The molecule has 0 N–H and O–H groups in total. The van der Waals surface area contributed by atoms with Gasteiger partial charge in [0.05, 0.1) is 17.5 Å². The van der Waals surface area contributed by atoms with Crippen LogP contribution in [0.4, 0.5) is 0 Å². The fraction of sp³-hybridized carbons (Fsp3) is 0.250. The van der Waals surface area contributed by atoms with Crippen LogP contribution in [0.25, 0.3) is 0 Å². The molecule has 0 aliphatic heterocycles. The van der Waals surface area contributed by atoms with E-state index in [0.29, 0.717) is 11.4 Å². The lowest BCUT2D eigenvalue weighted by Gasteiger charge is -1.99. The van der Waals surface area contributed by atoms with Crippen LogP contribution in [0.5, 0.6) is 0 Å². The third kappa shape index (κ3) is 1.69. The summed E-state index contributed by atoms with van der Waals surface area (Å²) >= 11 is 5.88. The number of hydrogen-bond donors (Lipinski definition) is 0. The monoisotopic (exact) mass is 166 g/mol. The number of aromatic nitrogens is 1. The fourth-order valence-electron chi connectivity index (χ4n) is 0.814. The van der Waals surface area contributed by atoms with Crippen molar-refractivity contribution in [3.63, 3.8) is 0 Å². The Kier molecular flexibility index (Phi) is 2.45. The van der Waals surface area contributed by atoms with Crippen molar-refractivity contribution in [2.45, 2.75) is 13.3 Å². The zero-order chi connectivity index (χ0) is 8.27. The van der Waals surface area contributed by atoms with Crippen LogP contribution in [0.1, 0.15) is 11.1 Å². The second kappa shape index (κ2) is 3.36. The Hall–Kier alpha value is -1.07. The second-order valence-electron chi connectivity index (χ2n) is 2.26. The molecule has 1 aromatic heterocycles. The van der Waals surface area contributed by atoms with Crippen molar-refractivity contribution in [1.82, 2.24) is 4.98 Å². The van der Waals surface area contributed by atoms with Crippen LogP contribution in [-0.4, -0.2) is 4.98 Å². The lowest BCUT2D eigenvalue weighted by atomic mass is 10.2. The van der Waals surface area contributed by atoms with Crippen molar-refractivity contribution in [1.29, 1.82) is 5.26 Å². The molecule has 0 amide bonds. The number of pyridine rings is 1. The van der Waals surface area contributed by atoms with Crippen molar-refractivity contribution < 1.29 is 0 Å². The number of nitrogens with zero attached hydrogens (tertiary/aromatic N) is 2. The van der Waals surface area contributed by atoms with E-state index in [9.17, 15) is 0 Å². The molecule has 1 aromatic rings. The number of halogens is 1. The molecule has 2 nitrogen and oxygen atoms in total. The zero-order valence-electron chi connectivity index (χ0n) is 6.13. The smallest absolute Gasteiger partial charge is 0.0670 e. The number of rotatable bonds is 1. The Morgan fingerprint density at radius 2 is 2.36 bits per heavy atom. The summed E-state index contributed by atoms with van der Waals surface area (Å²) in [5.41, 5.74) is 1.72. The summed E-state index contributed by atoms with van der Waals surface area (Å²) in [4.78, 5) is 3.93. The van der Waals surface area contributed by atoms with E-state index in [-0.39, 0.29) is 0 Å². The molecule has 11 heavy (non-hydrogen) atoms. The summed E-state index contributed by atoms with van der Waals surface area (Å²) < 4.78 is 0. The SMILES string of the molecule is Cc1cncc(CC#N)c1Cl. The number of hydrogen-bond acceptors (Lipinski definition) is 2. The highest BCUT2D eigenvalue weighted by molar-refractivity contribution is 6.32. The van der Waals surface area contributed by atoms with Gasteiger partial charge in [-0.25, -0.2) is 0 Å².